The van der Waals surface area contributed by atoms with Gasteiger partial charge in [0.1, 0.15) is 0 Å². The molecule has 1 rings (SSSR count). The SMILES string of the molecule is NCC1NN1. The van der Waals surface area contributed by atoms with Crippen LogP contribution >= 0.6 is 0 Å². The summed E-state index contributed by atoms with van der Waals surface area (Å²) in [5.74, 6) is 0. The van der Waals surface area contributed by atoms with E-state index in [4.69, 9.17) is 5.73 Å². The third kappa shape index (κ3) is 0.576. The van der Waals surface area contributed by atoms with E-state index in [-0.39, 0.29) is 0 Å². The van der Waals surface area contributed by atoms with Gasteiger partial charge in [0.25, 0.3) is 0 Å². The molecule has 0 aliphatic carbocycles. The monoisotopic (exact) mass is 73.1 g/mol. The van der Waals surface area contributed by atoms with Crippen LogP contribution in [0.1, 0.15) is 0 Å². The van der Waals surface area contributed by atoms with Crippen molar-refractivity contribution in [2.24, 2.45) is 5.73 Å². The molecule has 0 atom stereocenters. The lowest BCUT2D eigenvalue weighted by molar-refractivity contribution is 0.922. The Morgan fingerprint density at radius 2 is 2.20 bits per heavy atom. The molecule has 0 aromatic heterocycles. The first-order chi connectivity index (χ1) is 2.43. The van der Waals surface area contributed by atoms with Crippen LogP contribution in [0.3, 0.4) is 0 Å². The van der Waals surface area contributed by atoms with Gasteiger partial charge in [-0.05, 0) is 0 Å². The van der Waals surface area contributed by atoms with E-state index in [0.29, 0.717) is 12.7 Å². The van der Waals surface area contributed by atoms with Crippen molar-refractivity contribution in [1.82, 2.24) is 10.9 Å². The van der Waals surface area contributed by atoms with Crippen LogP contribution in [-0.4, -0.2) is 12.7 Å². The van der Waals surface area contributed by atoms with Crippen LogP contribution in [0.4, 0.5) is 0 Å². The number of nitrogens with two attached hydrogens (primary N) is 1. The predicted octanol–water partition coefficient (Wildman–Crippen LogP) is -1.62. The second-order valence-corrected chi connectivity index (χ2v) is 1.08. The smallest absolute Gasteiger partial charge is 0.0954 e. The Labute approximate surface area is 30.5 Å². The topological polar surface area (TPSA) is 69.9 Å². The summed E-state index contributed by atoms with van der Waals surface area (Å²) in [5, 5.41) is 0. The predicted molar refractivity (Wildman–Crippen MR) is 19.1 cm³/mol. The van der Waals surface area contributed by atoms with Crippen LogP contribution in [0.15, 0.2) is 0 Å². The van der Waals surface area contributed by atoms with Crippen molar-refractivity contribution < 1.29 is 0 Å². The third-order valence-corrected chi connectivity index (χ3v) is 0.584. The standard InChI is InChI=1S/C2H7N3/c3-1-2-4-5-2/h2,4-5H,1,3H2. The summed E-state index contributed by atoms with van der Waals surface area (Å²) in [4.78, 5) is 0. The van der Waals surface area contributed by atoms with Crippen molar-refractivity contribution >= 4 is 0 Å². The van der Waals surface area contributed by atoms with Crippen LogP contribution in [-0.2, 0) is 0 Å². The summed E-state index contributed by atoms with van der Waals surface area (Å²) in [5.41, 5.74) is 10.7. The minimum atomic E-state index is 0.412. The maximum atomic E-state index is 5.11. The third-order valence-electron chi connectivity index (χ3n) is 0.584. The maximum absolute atomic E-state index is 5.11. The van der Waals surface area contributed by atoms with Gasteiger partial charge in [-0.3, -0.25) is 0 Å². The summed E-state index contributed by atoms with van der Waals surface area (Å²) in [6, 6.07) is 0. The molecule has 3 heteroatoms. The molecule has 5 heavy (non-hydrogen) atoms. The number of nitrogens with one attached hydrogen (secondary N) is 2. The Balaban J connectivity index is 2.00. The van der Waals surface area contributed by atoms with E-state index in [1.807, 2.05) is 0 Å². The average Bonchev–Trinajstić information content (AvgIpc) is 2.12. The second kappa shape index (κ2) is 0.931. The fraction of sp³-hybridized carbons (Fsp3) is 1.00. The highest BCUT2D eigenvalue weighted by Gasteiger charge is 2.14. The Morgan fingerprint density at radius 3 is 2.20 bits per heavy atom. The number of rotatable bonds is 1. The molecule has 3 nitrogen and oxygen atoms in total. The fourth-order valence-corrected chi connectivity index (χ4v) is 0.177. The molecule has 0 amide bonds. The lowest BCUT2D eigenvalue weighted by Gasteiger charge is -1.71. The summed E-state index contributed by atoms with van der Waals surface area (Å²) < 4.78 is 0. The zero-order chi connectivity index (χ0) is 3.70. The zero-order valence-electron chi connectivity index (χ0n) is 2.86. The molecule has 1 aliphatic rings. The van der Waals surface area contributed by atoms with E-state index in [1.165, 1.54) is 0 Å². The Bertz CT molecular complexity index is 31.9. The normalized spacial score (nSPS) is 23.4. The Hall–Kier alpha value is -0.120. The van der Waals surface area contributed by atoms with Gasteiger partial charge < -0.3 is 5.73 Å². The molecule has 1 saturated heterocycles. The van der Waals surface area contributed by atoms with Gasteiger partial charge in [0.2, 0.25) is 0 Å². The summed E-state index contributed by atoms with van der Waals surface area (Å²) in [7, 11) is 0. The van der Waals surface area contributed by atoms with Gasteiger partial charge in [0, 0.05) is 6.54 Å². The largest absolute Gasteiger partial charge is 0.328 e. The van der Waals surface area contributed by atoms with Crippen molar-refractivity contribution in [2.45, 2.75) is 6.17 Å². The van der Waals surface area contributed by atoms with Gasteiger partial charge in [-0.25, -0.2) is 10.9 Å². The molecule has 1 fully saturated rings. The van der Waals surface area contributed by atoms with E-state index in [0.717, 1.165) is 0 Å². The molecule has 0 saturated carbocycles. The molecule has 30 valence electrons. The van der Waals surface area contributed by atoms with E-state index in [1.54, 1.807) is 0 Å². The van der Waals surface area contributed by atoms with Crippen molar-refractivity contribution in [3.63, 3.8) is 0 Å². The molecule has 4 N–H and O–H groups in total. The molecule has 0 aromatic rings. The lowest BCUT2D eigenvalue weighted by Crippen LogP contribution is -2.09. The van der Waals surface area contributed by atoms with Gasteiger partial charge in [0.15, 0.2) is 0 Å². The molecular formula is C2H7N3. The van der Waals surface area contributed by atoms with Gasteiger partial charge in [0.05, 0.1) is 6.17 Å². The van der Waals surface area contributed by atoms with Crippen molar-refractivity contribution in [3.05, 3.63) is 0 Å². The van der Waals surface area contributed by atoms with Gasteiger partial charge in [-0.15, -0.1) is 0 Å². The molecule has 0 unspecified atom stereocenters. The number of hydrazine groups is 1. The highest BCUT2D eigenvalue weighted by Crippen LogP contribution is 1.77. The molecule has 0 spiro atoms. The molecule has 0 aromatic carbocycles. The molecule has 0 radical (unpaired) electrons. The second-order valence-electron chi connectivity index (χ2n) is 1.08. The van der Waals surface area contributed by atoms with Crippen molar-refractivity contribution in [1.29, 1.82) is 0 Å². The average molecular weight is 73.1 g/mol. The van der Waals surface area contributed by atoms with Gasteiger partial charge in [-0.1, -0.05) is 0 Å². The van der Waals surface area contributed by atoms with Crippen molar-refractivity contribution in [3.8, 4) is 0 Å². The molecule has 1 aliphatic heterocycles. The van der Waals surface area contributed by atoms with Crippen LogP contribution in [0, 0.1) is 0 Å². The number of hydrogen-bond acceptors (Lipinski definition) is 3. The minimum absolute atomic E-state index is 0.412. The van der Waals surface area contributed by atoms with Gasteiger partial charge >= 0.3 is 0 Å². The van der Waals surface area contributed by atoms with E-state index in [2.05, 4.69) is 10.9 Å². The summed E-state index contributed by atoms with van der Waals surface area (Å²) in [6.07, 6.45) is 0.412. The molecular weight excluding hydrogens is 66.0 g/mol. The minimum Gasteiger partial charge on any atom is -0.328 e. The molecule has 1 heterocycles. The van der Waals surface area contributed by atoms with Crippen LogP contribution < -0.4 is 16.6 Å². The maximum Gasteiger partial charge on any atom is 0.0954 e. The number of hydrogen-bond donors (Lipinski definition) is 3. The van der Waals surface area contributed by atoms with Crippen LogP contribution in [0.25, 0.3) is 0 Å². The summed E-state index contributed by atoms with van der Waals surface area (Å²) in [6.45, 7) is 0.694. The summed E-state index contributed by atoms with van der Waals surface area (Å²) >= 11 is 0. The van der Waals surface area contributed by atoms with E-state index < -0.39 is 0 Å². The van der Waals surface area contributed by atoms with Crippen molar-refractivity contribution in [2.75, 3.05) is 6.54 Å². The lowest BCUT2D eigenvalue weighted by atomic mass is 10.6. The Kier molecular flexibility index (Phi) is 0.574. The van der Waals surface area contributed by atoms with Crippen LogP contribution in [0.2, 0.25) is 0 Å². The first-order valence-corrected chi connectivity index (χ1v) is 1.64. The molecule has 0 bridgehead atoms. The fourth-order valence-electron chi connectivity index (χ4n) is 0.177. The highest BCUT2D eigenvalue weighted by molar-refractivity contribution is 4.70. The first-order valence-electron chi connectivity index (χ1n) is 1.64. The first kappa shape index (κ1) is 3.08. The van der Waals surface area contributed by atoms with Gasteiger partial charge in [-0.2, -0.15) is 0 Å². The zero-order valence-corrected chi connectivity index (χ0v) is 2.86. The quantitative estimate of drug-likeness (QED) is 0.327. The van der Waals surface area contributed by atoms with E-state index >= 15 is 0 Å². The van der Waals surface area contributed by atoms with Crippen LogP contribution in [0.5, 0.6) is 0 Å². The highest BCUT2D eigenvalue weighted by atomic mass is 15.6. The Morgan fingerprint density at radius 1 is 1.60 bits per heavy atom. The van der Waals surface area contributed by atoms with E-state index in [9.17, 15) is 0 Å².